The highest BCUT2D eigenvalue weighted by atomic mass is 35.5. The Bertz CT molecular complexity index is 1170. The number of nitrogens with zero attached hydrogens (tertiary/aromatic N) is 3. The van der Waals surface area contributed by atoms with E-state index < -0.39 is 0 Å². The average molecular weight is 542 g/mol. The lowest BCUT2D eigenvalue weighted by Crippen LogP contribution is -2.44. The minimum Gasteiger partial charge on any atom is -0.383 e. The number of halogens is 1. The van der Waals surface area contributed by atoms with Crippen molar-refractivity contribution in [2.45, 2.75) is 32.0 Å². The highest BCUT2D eigenvalue weighted by molar-refractivity contribution is 7.09. The fraction of sp³-hybridized carbons (Fsp3) is 0.370. The van der Waals surface area contributed by atoms with Crippen molar-refractivity contribution in [3.05, 3.63) is 81.3 Å². The van der Waals surface area contributed by atoms with Crippen molar-refractivity contribution in [1.82, 2.24) is 20.1 Å². The molecule has 0 unspecified atom stereocenters. The summed E-state index contributed by atoms with van der Waals surface area (Å²) in [5.74, 6) is -0.171. The van der Waals surface area contributed by atoms with Gasteiger partial charge in [0.05, 0.1) is 13.2 Å². The van der Waals surface area contributed by atoms with Gasteiger partial charge in [0.2, 0.25) is 0 Å². The first-order chi connectivity index (χ1) is 18.0. The first kappa shape index (κ1) is 27.1. The molecule has 2 N–H and O–H groups in total. The molecule has 3 amide bonds. The number of aromatic nitrogens is 1. The average Bonchev–Trinajstić information content (AvgIpc) is 3.37. The van der Waals surface area contributed by atoms with E-state index in [-0.39, 0.29) is 24.5 Å². The Morgan fingerprint density at radius 2 is 1.95 bits per heavy atom. The molecule has 1 aliphatic heterocycles. The number of nitrogens with one attached hydrogen (secondary N) is 2. The van der Waals surface area contributed by atoms with Crippen LogP contribution in [0.5, 0.6) is 0 Å². The third-order valence-electron chi connectivity index (χ3n) is 6.21. The van der Waals surface area contributed by atoms with Crippen LogP contribution >= 0.6 is 22.9 Å². The van der Waals surface area contributed by atoms with Crippen LogP contribution in [0.2, 0.25) is 5.02 Å². The van der Waals surface area contributed by atoms with E-state index in [0.717, 1.165) is 32.5 Å². The number of ether oxygens (including phenoxy) is 1. The summed E-state index contributed by atoms with van der Waals surface area (Å²) in [6, 6.07) is 17.3. The van der Waals surface area contributed by atoms with E-state index in [9.17, 15) is 9.59 Å². The van der Waals surface area contributed by atoms with E-state index in [0.29, 0.717) is 34.6 Å². The zero-order chi connectivity index (χ0) is 26.0. The maximum Gasteiger partial charge on any atom is 0.322 e. The smallest absolute Gasteiger partial charge is 0.322 e. The van der Waals surface area contributed by atoms with Gasteiger partial charge in [-0.2, -0.15) is 0 Å². The minimum absolute atomic E-state index is 0.131. The monoisotopic (exact) mass is 541 g/mol. The van der Waals surface area contributed by atoms with Crippen molar-refractivity contribution in [1.29, 1.82) is 0 Å². The highest BCUT2D eigenvalue weighted by Gasteiger charge is 2.23. The van der Waals surface area contributed by atoms with Gasteiger partial charge in [0.25, 0.3) is 5.91 Å². The number of methoxy groups -OCH3 is 1. The Hall–Kier alpha value is -2.98. The van der Waals surface area contributed by atoms with Crippen LogP contribution in [0, 0.1) is 0 Å². The molecule has 1 aromatic heterocycles. The summed E-state index contributed by atoms with van der Waals surface area (Å²) in [6.45, 7) is 3.85. The van der Waals surface area contributed by atoms with Crippen molar-refractivity contribution in [2.75, 3.05) is 38.7 Å². The molecule has 0 spiro atoms. The Morgan fingerprint density at radius 1 is 1.16 bits per heavy atom. The van der Waals surface area contributed by atoms with Gasteiger partial charge >= 0.3 is 6.03 Å². The van der Waals surface area contributed by atoms with Crippen molar-refractivity contribution < 1.29 is 14.3 Å². The minimum atomic E-state index is -0.289. The molecular formula is C27H32ClN5O3S. The molecule has 0 aliphatic carbocycles. The summed E-state index contributed by atoms with van der Waals surface area (Å²) >= 11 is 7.40. The van der Waals surface area contributed by atoms with Crippen LogP contribution in [0.1, 0.15) is 33.9 Å². The lowest BCUT2D eigenvalue weighted by atomic mass is 10.0. The van der Waals surface area contributed by atoms with Crippen molar-refractivity contribution in [3.8, 4) is 0 Å². The van der Waals surface area contributed by atoms with Crippen LogP contribution in [-0.2, 0) is 17.8 Å². The first-order valence-corrected chi connectivity index (χ1v) is 13.6. The predicted octanol–water partition coefficient (Wildman–Crippen LogP) is 4.87. The normalized spacial score (nSPS) is 14.3. The third kappa shape index (κ3) is 8.26. The molecule has 1 fully saturated rings. The molecule has 1 aliphatic rings. The number of carbonyl (C=O) groups excluding carboxylic acids is 2. The Kier molecular flexibility index (Phi) is 9.90. The summed E-state index contributed by atoms with van der Waals surface area (Å²) < 4.78 is 5.17. The second kappa shape index (κ2) is 13.5. The largest absolute Gasteiger partial charge is 0.383 e. The van der Waals surface area contributed by atoms with Crippen LogP contribution in [0.15, 0.2) is 60.0 Å². The van der Waals surface area contributed by atoms with Gasteiger partial charge in [-0.3, -0.25) is 9.69 Å². The fourth-order valence-corrected chi connectivity index (χ4v) is 5.19. The van der Waals surface area contributed by atoms with Gasteiger partial charge in [0, 0.05) is 55.4 Å². The lowest BCUT2D eigenvalue weighted by molar-refractivity contribution is 0.0904. The van der Waals surface area contributed by atoms with E-state index in [1.807, 2.05) is 6.07 Å². The maximum atomic E-state index is 12.9. The van der Waals surface area contributed by atoms with E-state index in [2.05, 4.69) is 44.8 Å². The van der Waals surface area contributed by atoms with Gasteiger partial charge in [-0.05, 0) is 36.6 Å². The Morgan fingerprint density at radius 3 is 2.68 bits per heavy atom. The molecule has 0 saturated carbocycles. The third-order valence-corrected chi connectivity index (χ3v) is 7.28. The summed E-state index contributed by atoms with van der Waals surface area (Å²) in [5.41, 5.74) is 2.29. The predicted molar refractivity (Wildman–Crippen MR) is 147 cm³/mol. The van der Waals surface area contributed by atoms with Gasteiger partial charge < -0.3 is 20.3 Å². The second-order valence-corrected chi connectivity index (χ2v) is 10.4. The SMILES string of the molecule is COCCN(Cc1nc(C(=O)NC2CCN(Cc3ccccc3)CC2)cs1)C(=O)Nc1cccc(Cl)c1. The molecule has 0 radical (unpaired) electrons. The molecule has 0 bridgehead atoms. The number of likely N-dealkylation sites (tertiary alicyclic amines) is 1. The first-order valence-electron chi connectivity index (χ1n) is 12.3. The zero-order valence-electron chi connectivity index (χ0n) is 20.9. The van der Waals surface area contributed by atoms with Crippen molar-refractivity contribution >= 4 is 40.6 Å². The standard InChI is InChI=1S/C27H32ClN5O3S/c1-36-15-14-33(27(35)30-23-9-5-8-21(28)16-23)18-25-31-24(19-37-25)26(34)29-22-10-12-32(13-11-22)17-20-6-3-2-4-7-20/h2-9,16,19,22H,10-15,17-18H2,1H3,(H,29,34)(H,30,35). The Labute approximate surface area is 226 Å². The van der Waals surface area contributed by atoms with Gasteiger partial charge in [0.1, 0.15) is 10.7 Å². The maximum absolute atomic E-state index is 12.9. The number of hydrogen-bond acceptors (Lipinski definition) is 6. The molecule has 37 heavy (non-hydrogen) atoms. The van der Waals surface area contributed by atoms with Crippen LogP contribution in [0.25, 0.3) is 0 Å². The Balaban J connectivity index is 1.28. The van der Waals surface area contributed by atoms with Crippen LogP contribution in [0.4, 0.5) is 10.5 Å². The van der Waals surface area contributed by atoms with E-state index >= 15 is 0 Å². The van der Waals surface area contributed by atoms with Crippen LogP contribution in [0.3, 0.4) is 0 Å². The number of carbonyl (C=O) groups is 2. The van der Waals surface area contributed by atoms with E-state index in [1.54, 1.807) is 41.7 Å². The number of thiazole rings is 1. The molecule has 196 valence electrons. The fourth-order valence-electron chi connectivity index (χ4n) is 4.21. The van der Waals surface area contributed by atoms with Crippen molar-refractivity contribution in [3.63, 3.8) is 0 Å². The molecule has 8 nitrogen and oxygen atoms in total. The summed E-state index contributed by atoms with van der Waals surface area (Å²) in [4.78, 5) is 34.3. The topological polar surface area (TPSA) is 86.8 Å². The van der Waals surface area contributed by atoms with Gasteiger partial charge in [-0.15, -0.1) is 11.3 Å². The number of amides is 3. The molecular weight excluding hydrogens is 510 g/mol. The van der Waals surface area contributed by atoms with Gasteiger partial charge in [-0.1, -0.05) is 48.0 Å². The number of anilines is 1. The molecule has 4 rings (SSSR count). The molecule has 0 atom stereocenters. The number of hydrogen-bond donors (Lipinski definition) is 2. The number of urea groups is 1. The lowest BCUT2D eigenvalue weighted by Gasteiger charge is -2.32. The summed E-state index contributed by atoms with van der Waals surface area (Å²) in [6.07, 6.45) is 1.81. The number of piperidine rings is 1. The van der Waals surface area contributed by atoms with Crippen LogP contribution < -0.4 is 10.6 Å². The quantitative estimate of drug-likeness (QED) is 0.382. The molecule has 10 heteroatoms. The number of rotatable bonds is 10. The number of benzene rings is 2. The van der Waals surface area contributed by atoms with Gasteiger partial charge in [0.15, 0.2) is 0 Å². The second-order valence-electron chi connectivity index (χ2n) is 8.99. The highest BCUT2D eigenvalue weighted by Crippen LogP contribution is 2.18. The molecule has 3 aromatic rings. The van der Waals surface area contributed by atoms with E-state index in [1.165, 1.54) is 16.9 Å². The summed E-state index contributed by atoms with van der Waals surface area (Å²) in [7, 11) is 1.59. The van der Waals surface area contributed by atoms with E-state index in [4.69, 9.17) is 16.3 Å². The summed E-state index contributed by atoms with van der Waals surface area (Å²) in [5, 5.41) is 8.96. The zero-order valence-corrected chi connectivity index (χ0v) is 22.4. The van der Waals surface area contributed by atoms with Crippen molar-refractivity contribution in [2.24, 2.45) is 0 Å². The molecule has 2 aromatic carbocycles. The molecule has 1 saturated heterocycles. The molecule has 2 heterocycles. The van der Waals surface area contributed by atoms with Crippen LogP contribution in [-0.4, -0.2) is 66.1 Å². The van der Waals surface area contributed by atoms with Gasteiger partial charge in [-0.25, -0.2) is 9.78 Å².